The number of nitrogens with zero attached hydrogens (tertiary/aromatic N) is 1. The zero-order valence-corrected chi connectivity index (χ0v) is 11.8. The second-order valence-corrected chi connectivity index (χ2v) is 5.53. The Balaban J connectivity index is 2.08. The summed E-state index contributed by atoms with van der Waals surface area (Å²) in [6, 6.07) is 7.73. The minimum Gasteiger partial charge on any atom is -0.496 e. The van der Waals surface area contributed by atoms with E-state index >= 15 is 0 Å². The quantitative estimate of drug-likeness (QED) is 0.880. The highest BCUT2D eigenvalue weighted by molar-refractivity contribution is 5.86. The van der Waals surface area contributed by atoms with E-state index in [9.17, 15) is 4.79 Å². The van der Waals surface area contributed by atoms with E-state index in [4.69, 9.17) is 10.5 Å². The number of ether oxygens (including phenoxy) is 1. The van der Waals surface area contributed by atoms with Crippen molar-refractivity contribution < 1.29 is 9.53 Å². The number of hydrogen-bond acceptors (Lipinski definition) is 3. The van der Waals surface area contributed by atoms with Crippen LogP contribution in [0, 0.1) is 5.92 Å². The van der Waals surface area contributed by atoms with Crippen molar-refractivity contribution in [2.24, 2.45) is 11.7 Å². The van der Waals surface area contributed by atoms with Crippen LogP contribution >= 0.6 is 0 Å². The summed E-state index contributed by atoms with van der Waals surface area (Å²) < 4.78 is 5.30. The summed E-state index contributed by atoms with van der Waals surface area (Å²) in [6.45, 7) is 2.36. The average molecular weight is 262 g/mol. The molecule has 1 unspecified atom stereocenters. The normalized spacial score (nSPS) is 17.7. The van der Waals surface area contributed by atoms with Gasteiger partial charge >= 0.3 is 0 Å². The number of likely N-dealkylation sites (N-methyl/N-ethyl adjacent to an activating group) is 1. The summed E-state index contributed by atoms with van der Waals surface area (Å²) in [7, 11) is 3.43. The Morgan fingerprint density at radius 2 is 2.11 bits per heavy atom. The van der Waals surface area contributed by atoms with Gasteiger partial charge in [-0.1, -0.05) is 18.2 Å². The molecule has 0 bridgehead atoms. The molecule has 4 nitrogen and oxygen atoms in total. The maximum Gasteiger partial charge on any atom is 0.242 e. The molecule has 0 radical (unpaired) electrons. The Labute approximate surface area is 114 Å². The summed E-state index contributed by atoms with van der Waals surface area (Å²) in [6.07, 6.45) is 2.11. The predicted octanol–water partition coefficient (Wildman–Crippen LogP) is 1.78. The maximum absolute atomic E-state index is 12.4. The van der Waals surface area contributed by atoms with Gasteiger partial charge in [0.15, 0.2) is 0 Å². The minimum atomic E-state index is -0.739. The molecule has 0 spiro atoms. The molecule has 0 aromatic heterocycles. The highest BCUT2D eigenvalue weighted by Crippen LogP contribution is 2.39. The average Bonchev–Trinajstić information content (AvgIpc) is 3.23. The van der Waals surface area contributed by atoms with Crippen LogP contribution in [0.1, 0.15) is 25.3 Å². The van der Waals surface area contributed by atoms with Gasteiger partial charge in [0.1, 0.15) is 5.75 Å². The number of para-hydroxylation sites is 1. The molecule has 1 aromatic carbocycles. The lowest BCUT2D eigenvalue weighted by Gasteiger charge is -2.29. The zero-order valence-electron chi connectivity index (χ0n) is 11.8. The lowest BCUT2D eigenvalue weighted by atomic mass is 9.95. The fourth-order valence-corrected chi connectivity index (χ4v) is 2.43. The predicted molar refractivity (Wildman–Crippen MR) is 74.8 cm³/mol. The molecule has 0 saturated heterocycles. The molecule has 2 rings (SSSR count). The van der Waals surface area contributed by atoms with Gasteiger partial charge in [-0.3, -0.25) is 4.79 Å². The fourth-order valence-electron chi connectivity index (χ4n) is 2.43. The van der Waals surface area contributed by atoms with Gasteiger partial charge < -0.3 is 15.4 Å². The highest BCUT2D eigenvalue weighted by atomic mass is 16.5. The Morgan fingerprint density at radius 1 is 1.47 bits per heavy atom. The zero-order chi connectivity index (χ0) is 14.0. The van der Waals surface area contributed by atoms with Gasteiger partial charge in [-0.2, -0.15) is 0 Å². The smallest absolute Gasteiger partial charge is 0.242 e. The molecule has 1 aliphatic carbocycles. The Kier molecular flexibility index (Phi) is 3.80. The van der Waals surface area contributed by atoms with Gasteiger partial charge in [-0.15, -0.1) is 0 Å². The van der Waals surface area contributed by atoms with Crippen molar-refractivity contribution in [2.45, 2.75) is 31.8 Å². The molecule has 1 atom stereocenters. The first-order valence-corrected chi connectivity index (χ1v) is 6.63. The van der Waals surface area contributed by atoms with Crippen LogP contribution in [0.2, 0.25) is 0 Å². The largest absolute Gasteiger partial charge is 0.496 e. The van der Waals surface area contributed by atoms with Crippen LogP contribution in [-0.2, 0) is 11.3 Å². The number of carbonyl (C=O) groups is 1. The lowest BCUT2D eigenvalue weighted by molar-refractivity contribution is -0.136. The van der Waals surface area contributed by atoms with Crippen molar-refractivity contribution in [3.63, 3.8) is 0 Å². The SMILES string of the molecule is COc1ccccc1CN(C)C(=O)C(C)(N)C1CC1. The second kappa shape index (κ2) is 5.21. The second-order valence-electron chi connectivity index (χ2n) is 5.53. The molecule has 4 heteroatoms. The molecule has 1 aliphatic rings. The van der Waals surface area contributed by atoms with E-state index in [1.165, 1.54) is 0 Å². The summed E-state index contributed by atoms with van der Waals surface area (Å²) in [4.78, 5) is 14.1. The number of methoxy groups -OCH3 is 1. The Hall–Kier alpha value is -1.55. The molecule has 0 heterocycles. The highest BCUT2D eigenvalue weighted by Gasteiger charge is 2.45. The van der Waals surface area contributed by atoms with Gasteiger partial charge in [0.05, 0.1) is 12.6 Å². The monoisotopic (exact) mass is 262 g/mol. The van der Waals surface area contributed by atoms with E-state index in [0.29, 0.717) is 12.5 Å². The van der Waals surface area contributed by atoms with E-state index in [0.717, 1.165) is 24.2 Å². The van der Waals surface area contributed by atoms with Gasteiger partial charge in [0.25, 0.3) is 0 Å². The standard InChI is InChI=1S/C15H22N2O2/c1-15(16,12-8-9-12)14(18)17(2)10-11-6-4-5-7-13(11)19-3/h4-7,12H,8-10,16H2,1-3H3. The first kappa shape index (κ1) is 13.9. The number of rotatable bonds is 5. The maximum atomic E-state index is 12.4. The van der Waals surface area contributed by atoms with Crippen LogP contribution < -0.4 is 10.5 Å². The third-order valence-electron chi connectivity index (χ3n) is 3.83. The van der Waals surface area contributed by atoms with Gasteiger partial charge in [0, 0.05) is 19.2 Å². The fraction of sp³-hybridized carbons (Fsp3) is 0.533. The van der Waals surface area contributed by atoms with E-state index < -0.39 is 5.54 Å². The van der Waals surface area contributed by atoms with Crippen molar-refractivity contribution in [1.29, 1.82) is 0 Å². The summed E-state index contributed by atoms with van der Waals surface area (Å²) in [5.41, 5.74) is 6.42. The molecule has 1 fully saturated rings. The van der Waals surface area contributed by atoms with Crippen LogP contribution in [0.15, 0.2) is 24.3 Å². The molecule has 2 N–H and O–H groups in total. The molecule has 1 saturated carbocycles. The van der Waals surface area contributed by atoms with Crippen LogP contribution in [0.4, 0.5) is 0 Å². The van der Waals surface area contributed by atoms with Crippen molar-refractivity contribution >= 4 is 5.91 Å². The lowest BCUT2D eigenvalue weighted by Crippen LogP contribution is -2.53. The van der Waals surface area contributed by atoms with Gasteiger partial charge in [-0.05, 0) is 31.7 Å². The summed E-state index contributed by atoms with van der Waals surface area (Å²) in [5, 5.41) is 0. The van der Waals surface area contributed by atoms with E-state index in [-0.39, 0.29) is 5.91 Å². The van der Waals surface area contributed by atoms with Crippen molar-refractivity contribution in [2.75, 3.05) is 14.2 Å². The number of nitrogens with two attached hydrogens (primary N) is 1. The van der Waals surface area contributed by atoms with Gasteiger partial charge in [-0.25, -0.2) is 0 Å². The topological polar surface area (TPSA) is 55.6 Å². The third-order valence-corrected chi connectivity index (χ3v) is 3.83. The number of amides is 1. The molecule has 1 amide bonds. The number of carbonyl (C=O) groups excluding carboxylic acids is 1. The van der Waals surface area contributed by atoms with Crippen molar-refractivity contribution in [3.8, 4) is 5.75 Å². The van der Waals surface area contributed by atoms with Gasteiger partial charge in [0.2, 0.25) is 5.91 Å². The molecule has 1 aromatic rings. The van der Waals surface area contributed by atoms with Crippen molar-refractivity contribution in [1.82, 2.24) is 4.90 Å². The molecular weight excluding hydrogens is 240 g/mol. The Morgan fingerprint density at radius 3 is 2.68 bits per heavy atom. The summed E-state index contributed by atoms with van der Waals surface area (Å²) >= 11 is 0. The molecule has 19 heavy (non-hydrogen) atoms. The minimum absolute atomic E-state index is 0.000839. The van der Waals surface area contributed by atoms with Crippen LogP contribution in [-0.4, -0.2) is 30.5 Å². The van der Waals surface area contributed by atoms with Crippen LogP contribution in [0.5, 0.6) is 5.75 Å². The summed E-state index contributed by atoms with van der Waals surface area (Å²) in [5.74, 6) is 1.13. The first-order valence-electron chi connectivity index (χ1n) is 6.63. The van der Waals surface area contributed by atoms with Crippen molar-refractivity contribution in [3.05, 3.63) is 29.8 Å². The van der Waals surface area contributed by atoms with E-state index in [1.807, 2.05) is 31.2 Å². The van der Waals surface area contributed by atoms with Crippen LogP contribution in [0.3, 0.4) is 0 Å². The molecule has 0 aliphatic heterocycles. The van der Waals surface area contributed by atoms with Crippen LogP contribution in [0.25, 0.3) is 0 Å². The molecule has 104 valence electrons. The van der Waals surface area contributed by atoms with E-state index in [2.05, 4.69) is 0 Å². The first-order chi connectivity index (χ1) is 8.96. The van der Waals surface area contributed by atoms with E-state index in [1.54, 1.807) is 19.1 Å². The number of hydrogen-bond donors (Lipinski definition) is 1. The Bertz CT molecular complexity index is 467. The molecular formula is C15H22N2O2. The third kappa shape index (κ3) is 2.89. The number of benzene rings is 1.